The lowest BCUT2D eigenvalue weighted by Gasteiger charge is -1.99. The predicted molar refractivity (Wildman–Crippen MR) is 48.6 cm³/mol. The molecule has 4 heteroatoms. The van der Waals surface area contributed by atoms with Crippen LogP contribution in [0.15, 0.2) is 35.5 Å². The highest BCUT2D eigenvalue weighted by Gasteiger charge is 2.07. The van der Waals surface area contributed by atoms with Crippen LogP contribution >= 0.6 is 0 Å². The summed E-state index contributed by atoms with van der Waals surface area (Å²) in [4.78, 5) is 10.7. The Labute approximate surface area is 75.7 Å². The third-order valence-corrected chi connectivity index (χ3v) is 1.62. The van der Waals surface area contributed by atoms with Gasteiger partial charge in [0.05, 0.1) is 0 Å². The molecule has 0 spiro atoms. The van der Waals surface area contributed by atoms with Crippen molar-refractivity contribution in [3.63, 3.8) is 0 Å². The van der Waals surface area contributed by atoms with Crippen LogP contribution in [-0.4, -0.2) is 16.8 Å². The van der Waals surface area contributed by atoms with Crippen LogP contribution in [-0.2, 0) is 11.2 Å². The number of amides is 1. The number of primary amides is 1. The van der Waals surface area contributed by atoms with E-state index in [9.17, 15) is 4.79 Å². The van der Waals surface area contributed by atoms with Crippen LogP contribution in [0.25, 0.3) is 0 Å². The second kappa shape index (κ2) is 4.25. The van der Waals surface area contributed by atoms with Gasteiger partial charge in [0.25, 0.3) is 5.91 Å². The normalized spacial score (nSPS) is 11.2. The van der Waals surface area contributed by atoms with Crippen molar-refractivity contribution < 1.29 is 10.0 Å². The minimum Gasteiger partial charge on any atom is -0.410 e. The Bertz CT molecular complexity index is 320. The van der Waals surface area contributed by atoms with E-state index in [2.05, 4.69) is 5.16 Å². The lowest BCUT2D eigenvalue weighted by atomic mass is 10.1. The van der Waals surface area contributed by atoms with E-state index < -0.39 is 5.91 Å². The van der Waals surface area contributed by atoms with Crippen LogP contribution < -0.4 is 5.73 Å². The third-order valence-electron chi connectivity index (χ3n) is 1.62. The van der Waals surface area contributed by atoms with Crippen LogP contribution in [0.4, 0.5) is 0 Å². The lowest BCUT2D eigenvalue weighted by Crippen LogP contribution is -2.25. The highest BCUT2D eigenvalue weighted by atomic mass is 16.4. The van der Waals surface area contributed by atoms with Crippen molar-refractivity contribution in [2.75, 3.05) is 0 Å². The summed E-state index contributed by atoms with van der Waals surface area (Å²) < 4.78 is 0. The summed E-state index contributed by atoms with van der Waals surface area (Å²) in [6.45, 7) is 0. The van der Waals surface area contributed by atoms with Gasteiger partial charge in [-0.2, -0.15) is 0 Å². The Morgan fingerprint density at radius 3 is 2.46 bits per heavy atom. The maximum Gasteiger partial charge on any atom is 0.266 e. The van der Waals surface area contributed by atoms with Crippen molar-refractivity contribution in [1.82, 2.24) is 0 Å². The van der Waals surface area contributed by atoms with Gasteiger partial charge in [0.2, 0.25) is 0 Å². The van der Waals surface area contributed by atoms with E-state index in [1.54, 1.807) is 0 Å². The van der Waals surface area contributed by atoms with Gasteiger partial charge in [-0.3, -0.25) is 4.79 Å². The Morgan fingerprint density at radius 2 is 2.00 bits per heavy atom. The smallest absolute Gasteiger partial charge is 0.266 e. The monoisotopic (exact) mass is 178 g/mol. The number of nitrogens with zero attached hydrogens (tertiary/aromatic N) is 1. The van der Waals surface area contributed by atoms with E-state index in [1.165, 1.54) is 0 Å². The molecule has 3 N–H and O–H groups in total. The molecule has 0 heterocycles. The summed E-state index contributed by atoms with van der Waals surface area (Å²) in [5.41, 5.74) is 5.81. The molecule has 0 bridgehead atoms. The molecular weight excluding hydrogens is 168 g/mol. The van der Waals surface area contributed by atoms with Crippen molar-refractivity contribution in [1.29, 1.82) is 0 Å². The van der Waals surface area contributed by atoms with Gasteiger partial charge < -0.3 is 10.9 Å². The van der Waals surface area contributed by atoms with Gasteiger partial charge in [-0.25, -0.2) is 0 Å². The number of hydrogen-bond acceptors (Lipinski definition) is 3. The van der Waals surface area contributed by atoms with E-state index in [1.807, 2.05) is 30.3 Å². The second-order valence-corrected chi connectivity index (χ2v) is 2.57. The zero-order chi connectivity index (χ0) is 9.68. The molecule has 68 valence electrons. The molecule has 0 aliphatic carbocycles. The lowest BCUT2D eigenvalue weighted by molar-refractivity contribution is -0.112. The predicted octanol–water partition coefficient (Wildman–Crippen LogP) is 0.545. The van der Waals surface area contributed by atoms with Gasteiger partial charge in [0, 0.05) is 6.42 Å². The quantitative estimate of drug-likeness (QED) is 0.402. The molecule has 0 saturated heterocycles. The number of hydrogen-bond donors (Lipinski definition) is 2. The molecule has 0 aromatic heterocycles. The first-order valence-electron chi connectivity index (χ1n) is 3.78. The van der Waals surface area contributed by atoms with E-state index >= 15 is 0 Å². The van der Waals surface area contributed by atoms with Crippen molar-refractivity contribution >= 4 is 11.6 Å². The van der Waals surface area contributed by atoms with E-state index in [-0.39, 0.29) is 12.1 Å². The average molecular weight is 178 g/mol. The topological polar surface area (TPSA) is 75.7 Å². The Balaban J connectivity index is 2.74. The average Bonchev–Trinajstić information content (AvgIpc) is 2.15. The number of nitrogens with two attached hydrogens (primary N) is 1. The van der Waals surface area contributed by atoms with Crippen LogP contribution in [0, 0.1) is 0 Å². The summed E-state index contributed by atoms with van der Waals surface area (Å²) in [7, 11) is 0. The summed E-state index contributed by atoms with van der Waals surface area (Å²) in [5.74, 6) is -0.702. The summed E-state index contributed by atoms with van der Waals surface area (Å²) in [6.07, 6.45) is 0.257. The molecule has 0 unspecified atom stereocenters. The Morgan fingerprint density at radius 1 is 1.38 bits per heavy atom. The van der Waals surface area contributed by atoms with E-state index in [0.717, 1.165) is 5.56 Å². The Kier molecular flexibility index (Phi) is 3.03. The molecule has 13 heavy (non-hydrogen) atoms. The molecule has 0 radical (unpaired) electrons. The molecule has 4 nitrogen and oxygen atoms in total. The minimum atomic E-state index is -0.702. The number of oxime groups is 1. The van der Waals surface area contributed by atoms with Gasteiger partial charge in [0.15, 0.2) is 0 Å². The third kappa shape index (κ3) is 2.59. The minimum absolute atomic E-state index is 0.0359. The maximum absolute atomic E-state index is 10.7. The molecule has 0 aliphatic heterocycles. The number of benzene rings is 1. The molecule has 0 saturated carbocycles. The van der Waals surface area contributed by atoms with Crippen LogP contribution in [0.3, 0.4) is 0 Å². The maximum atomic E-state index is 10.7. The van der Waals surface area contributed by atoms with Gasteiger partial charge in [-0.05, 0) is 5.56 Å². The van der Waals surface area contributed by atoms with Gasteiger partial charge in [-0.15, -0.1) is 0 Å². The summed E-state index contributed by atoms with van der Waals surface area (Å²) in [5, 5.41) is 11.3. The standard InChI is InChI=1S/C9H10N2O2/c10-9(12)8(11-13)6-7-4-2-1-3-5-7/h1-5,13H,6H2,(H2,10,12)/b11-8-. The van der Waals surface area contributed by atoms with Crippen molar-refractivity contribution in [3.05, 3.63) is 35.9 Å². The number of carbonyl (C=O) groups is 1. The van der Waals surface area contributed by atoms with Crippen LogP contribution in [0.5, 0.6) is 0 Å². The molecule has 1 amide bonds. The Hall–Kier alpha value is -1.84. The molecule has 0 fully saturated rings. The van der Waals surface area contributed by atoms with Crippen LogP contribution in [0.1, 0.15) is 5.56 Å². The molecule has 1 aromatic rings. The first-order chi connectivity index (χ1) is 6.24. The van der Waals surface area contributed by atoms with E-state index in [0.29, 0.717) is 0 Å². The SMILES string of the molecule is NC(=O)/C(Cc1ccccc1)=N\O. The van der Waals surface area contributed by atoms with Gasteiger partial charge in [-0.1, -0.05) is 35.5 Å². The second-order valence-electron chi connectivity index (χ2n) is 2.57. The summed E-state index contributed by atoms with van der Waals surface area (Å²) >= 11 is 0. The highest BCUT2D eigenvalue weighted by Crippen LogP contribution is 2.00. The zero-order valence-electron chi connectivity index (χ0n) is 6.97. The fraction of sp³-hybridized carbons (Fsp3) is 0.111. The van der Waals surface area contributed by atoms with Crippen molar-refractivity contribution in [2.45, 2.75) is 6.42 Å². The van der Waals surface area contributed by atoms with E-state index in [4.69, 9.17) is 10.9 Å². The first kappa shape index (κ1) is 9.25. The first-order valence-corrected chi connectivity index (χ1v) is 3.78. The number of carbonyl (C=O) groups excluding carboxylic acids is 1. The molecule has 0 atom stereocenters. The largest absolute Gasteiger partial charge is 0.410 e. The zero-order valence-corrected chi connectivity index (χ0v) is 6.97. The van der Waals surface area contributed by atoms with Gasteiger partial charge >= 0.3 is 0 Å². The fourth-order valence-corrected chi connectivity index (χ4v) is 0.961. The van der Waals surface area contributed by atoms with Crippen LogP contribution in [0.2, 0.25) is 0 Å². The molecule has 1 rings (SSSR count). The summed E-state index contributed by atoms with van der Waals surface area (Å²) in [6, 6.07) is 9.20. The molecule has 0 aliphatic rings. The van der Waals surface area contributed by atoms with Crippen molar-refractivity contribution in [2.24, 2.45) is 10.9 Å². The number of rotatable bonds is 3. The fourth-order valence-electron chi connectivity index (χ4n) is 0.961. The van der Waals surface area contributed by atoms with Crippen molar-refractivity contribution in [3.8, 4) is 0 Å². The highest BCUT2D eigenvalue weighted by molar-refractivity contribution is 6.38. The van der Waals surface area contributed by atoms with Gasteiger partial charge in [0.1, 0.15) is 5.71 Å². The molecular formula is C9H10N2O2. The molecule has 1 aromatic carbocycles.